The summed E-state index contributed by atoms with van der Waals surface area (Å²) in [6, 6.07) is 6.53. The van der Waals surface area contributed by atoms with E-state index in [4.69, 9.17) is 10.5 Å². The first-order valence-corrected chi connectivity index (χ1v) is 6.21. The molecule has 0 aliphatic heterocycles. The van der Waals surface area contributed by atoms with Crippen LogP contribution < -0.4 is 11.1 Å². The van der Waals surface area contributed by atoms with Crippen molar-refractivity contribution in [2.45, 2.75) is 39.3 Å². The Labute approximate surface area is 125 Å². The Morgan fingerprint density at radius 1 is 1.25 bits per heavy atom. The number of benzene rings is 1. The smallest absolute Gasteiger partial charge is 0.323 e. The number of hydrogen-bond donors (Lipinski definition) is 2. The van der Waals surface area contributed by atoms with E-state index in [0.717, 1.165) is 11.3 Å². The molecule has 0 radical (unpaired) electrons. The Bertz CT molecular complexity index is 446. The van der Waals surface area contributed by atoms with E-state index in [-0.39, 0.29) is 24.4 Å². The summed E-state index contributed by atoms with van der Waals surface area (Å²) in [4.78, 5) is 22.4. The van der Waals surface area contributed by atoms with Gasteiger partial charge >= 0.3 is 5.97 Å². The van der Waals surface area contributed by atoms with Crippen molar-refractivity contribution in [2.24, 2.45) is 5.73 Å². The molecular formula is C14H21ClN2O3. The quantitative estimate of drug-likeness (QED) is 0.814. The molecule has 0 spiro atoms. The first-order chi connectivity index (χ1) is 8.88. The predicted octanol–water partition coefficient (Wildman–Crippen LogP) is 1.89. The maximum Gasteiger partial charge on any atom is 0.323 e. The van der Waals surface area contributed by atoms with Crippen molar-refractivity contribution in [2.75, 3.05) is 5.32 Å². The highest BCUT2D eigenvalue weighted by Crippen LogP contribution is 2.11. The van der Waals surface area contributed by atoms with Gasteiger partial charge in [0, 0.05) is 12.6 Å². The molecular weight excluding hydrogens is 280 g/mol. The predicted molar refractivity (Wildman–Crippen MR) is 80.9 cm³/mol. The summed E-state index contributed by atoms with van der Waals surface area (Å²) in [5.74, 6) is -0.522. The highest BCUT2D eigenvalue weighted by Gasteiger charge is 2.16. The van der Waals surface area contributed by atoms with Crippen molar-refractivity contribution in [1.29, 1.82) is 0 Å². The van der Waals surface area contributed by atoms with Crippen LogP contribution in [0.2, 0.25) is 0 Å². The summed E-state index contributed by atoms with van der Waals surface area (Å²) < 4.78 is 5.04. The molecule has 0 saturated carbocycles. The summed E-state index contributed by atoms with van der Waals surface area (Å²) in [5.41, 5.74) is 7.41. The van der Waals surface area contributed by atoms with Gasteiger partial charge in [-0.15, -0.1) is 12.4 Å². The first-order valence-electron chi connectivity index (χ1n) is 6.21. The van der Waals surface area contributed by atoms with Crippen LogP contribution in [0.4, 0.5) is 5.69 Å². The maximum atomic E-state index is 11.6. The number of amides is 1. The Hall–Kier alpha value is -1.59. The van der Waals surface area contributed by atoms with Crippen LogP contribution >= 0.6 is 12.4 Å². The lowest BCUT2D eigenvalue weighted by Crippen LogP contribution is -2.35. The zero-order valence-electron chi connectivity index (χ0n) is 11.9. The van der Waals surface area contributed by atoms with Gasteiger partial charge in [-0.05, 0) is 38.0 Å². The second-order valence-electron chi connectivity index (χ2n) is 4.67. The lowest BCUT2D eigenvalue weighted by Gasteiger charge is -2.14. The third kappa shape index (κ3) is 6.54. The zero-order chi connectivity index (χ0) is 14.4. The van der Waals surface area contributed by atoms with Crippen LogP contribution in [-0.2, 0) is 20.7 Å². The molecule has 112 valence electrons. The van der Waals surface area contributed by atoms with Crippen LogP contribution in [0.1, 0.15) is 26.3 Å². The molecule has 0 aliphatic carbocycles. The van der Waals surface area contributed by atoms with Crippen LogP contribution in [0.5, 0.6) is 0 Å². The molecule has 1 aromatic rings. The Morgan fingerprint density at radius 3 is 2.25 bits per heavy atom. The van der Waals surface area contributed by atoms with Crippen LogP contribution in [0, 0.1) is 0 Å². The SMILES string of the molecule is CC(=O)Nc1ccc(C[C@H](N)C(=O)OC(C)C)cc1.Cl. The molecule has 0 fully saturated rings. The van der Waals surface area contributed by atoms with Gasteiger partial charge in [0.1, 0.15) is 6.04 Å². The molecule has 20 heavy (non-hydrogen) atoms. The van der Waals surface area contributed by atoms with Crippen LogP contribution in [-0.4, -0.2) is 24.0 Å². The molecule has 3 N–H and O–H groups in total. The first kappa shape index (κ1) is 18.4. The Balaban J connectivity index is 0.00000361. The third-order valence-corrected chi connectivity index (χ3v) is 2.38. The second-order valence-corrected chi connectivity index (χ2v) is 4.67. The molecule has 0 bridgehead atoms. The van der Waals surface area contributed by atoms with Gasteiger partial charge in [0.05, 0.1) is 6.10 Å². The van der Waals surface area contributed by atoms with E-state index in [1.165, 1.54) is 6.92 Å². The average Bonchev–Trinajstić information content (AvgIpc) is 2.30. The molecule has 1 aromatic carbocycles. The van der Waals surface area contributed by atoms with Crippen molar-refractivity contribution < 1.29 is 14.3 Å². The normalized spacial score (nSPS) is 11.4. The summed E-state index contributed by atoms with van der Waals surface area (Å²) in [5, 5.41) is 2.67. The summed E-state index contributed by atoms with van der Waals surface area (Å²) in [7, 11) is 0. The molecule has 0 heterocycles. The zero-order valence-corrected chi connectivity index (χ0v) is 12.7. The highest BCUT2D eigenvalue weighted by atomic mass is 35.5. The van der Waals surface area contributed by atoms with Crippen molar-refractivity contribution in [1.82, 2.24) is 0 Å². The molecule has 0 unspecified atom stereocenters. The van der Waals surface area contributed by atoms with E-state index in [2.05, 4.69) is 5.32 Å². The Morgan fingerprint density at radius 2 is 1.80 bits per heavy atom. The molecule has 0 aliphatic rings. The number of nitrogens with two attached hydrogens (primary N) is 1. The van der Waals surface area contributed by atoms with Gasteiger partial charge in [0.15, 0.2) is 0 Å². The summed E-state index contributed by atoms with van der Waals surface area (Å²) in [6.07, 6.45) is 0.243. The van der Waals surface area contributed by atoms with Gasteiger partial charge in [-0.3, -0.25) is 9.59 Å². The number of ether oxygens (including phenoxy) is 1. The van der Waals surface area contributed by atoms with E-state index in [9.17, 15) is 9.59 Å². The topological polar surface area (TPSA) is 81.4 Å². The van der Waals surface area contributed by atoms with Gasteiger partial charge < -0.3 is 15.8 Å². The van der Waals surface area contributed by atoms with E-state index in [1.54, 1.807) is 26.0 Å². The number of carbonyl (C=O) groups is 2. The van der Waals surface area contributed by atoms with Gasteiger partial charge in [-0.2, -0.15) is 0 Å². The second kappa shape index (κ2) is 8.55. The minimum atomic E-state index is -0.672. The highest BCUT2D eigenvalue weighted by molar-refractivity contribution is 5.88. The lowest BCUT2D eigenvalue weighted by atomic mass is 10.1. The molecule has 1 atom stereocenters. The number of nitrogens with one attached hydrogen (secondary N) is 1. The third-order valence-electron chi connectivity index (χ3n) is 2.38. The fourth-order valence-corrected chi connectivity index (χ4v) is 1.58. The molecule has 1 rings (SSSR count). The van der Waals surface area contributed by atoms with E-state index >= 15 is 0 Å². The van der Waals surface area contributed by atoms with E-state index in [0.29, 0.717) is 6.42 Å². The Kier molecular flexibility index (Phi) is 7.87. The van der Waals surface area contributed by atoms with E-state index in [1.807, 2.05) is 12.1 Å². The number of carbonyl (C=O) groups excluding carboxylic acids is 2. The molecule has 5 nitrogen and oxygen atoms in total. The van der Waals surface area contributed by atoms with Gasteiger partial charge in [-0.25, -0.2) is 0 Å². The molecule has 0 aromatic heterocycles. The van der Waals surface area contributed by atoms with Crippen LogP contribution in [0.25, 0.3) is 0 Å². The number of anilines is 1. The monoisotopic (exact) mass is 300 g/mol. The summed E-state index contributed by atoms with van der Waals surface area (Å²) in [6.45, 7) is 5.02. The number of esters is 1. The van der Waals surface area contributed by atoms with Gasteiger partial charge in [0.25, 0.3) is 0 Å². The number of rotatable bonds is 5. The van der Waals surface area contributed by atoms with Gasteiger partial charge in [0.2, 0.25) is 5.91 Å². The van der Waals surface area contributed by atoms with Crippen molar-refractivity contribution in [3.05, 3.63) is 29.8 Å². The summed E-state index contributed by atoms with van der Waals surface area (Å²) >= 11 is 0. The molecule has 1 amide bonds. The largest absolute Gasteiger partial charge is 0.462 e. The van der Waals surface area contributed by atoms with Gasteiger partial charge in [-0.1, -0.05) is 12.1 Å². The standard InChI is InChI=1S/C14H20N2O3.ClH/c1-9(2)19-14(18)13(15)8-11-4-6-12(7-5-11)16-10(3)17;/h4-7,9,13H,8,15H2,1-3H3,(H,16,17);1H/t13-;/m0./s1. The van der Waals surface area contributed by atoms with Crippen molar-refractivity contribution in [3.8, 4) is 0 Å². The van der Waals surface area contributed by atoms with Crippen molar-refractivity contribution in [3.63, 3.8) is 0 Å². The average molecular weight is 301 g/mol. The molecule has 0 saturated heterocycles. The van der Waals surface area contributed by atoms with E-state index < -0.39 is 12.0 Å². The molecule has 6 heteroatoms. The van der Waals surface area contributed by atoms with Crippen LogP contribution in [0.15, 0.2) is 24.3 Å². The van der Waals surface area contributed by atoms with Crippen molar-refractivity contribution >= 4 is 30.0 Å². The van der Waals surface area contributed by atoms with Crippen LogP contribution in [0.3, 0.4) is 0 Å². The minimum absolute atomic E-state index is 0. The lowest BCUT2D eigenvalue weighted by molar-refractivity contribution is -0.148. The fraction of sp³-hybridized carbons (Fsp3) is 0.429. The fourth-order valence-electron chi connectivity index (χ4n) is 1.58. The minimum Gasteiger partial charge on any atom is -0.462 e. The number of hydrogen-bond acceptors (Lipinski definition) is 4. The number of halogens is 1. The maximum absolute atomic E-state index is 11.6.